The van der Waals surface area contributed by atoms with Crippen LogP contribution in [0.5, 0.6) is 5.75 Å². The number of hydrogen-bond acceptors (Lipinski definition) is 4. The van der Waals surface area contributed by atoms with Gasteiger partial charge < -0.3 is 20.1 Å². The zero-order valence-electron chi connectivity index (χ0n) is 11.2. The van der Waals surface area contributed by atoms with Gasteiger partial charge in [-0.3, -0.25) is 9.59 Å². The van der Waals surface area contributed by atoms with Crippen LogP contribution < -0.4 is 5.32 Å². The number of amides is 2. The number of aromatic hydroxyl groups is 1. The molecule has 2 amide bonds. The lowest BCUT2D eigenvalue weighted by Gasteiger charge is -2.27. The number of ether oxygens (including phenoxy) is 1. The van der Waals surface area contributed by atoms with Crippen LogP contribution in [0.3, 0.4) is 0 Å². The van der Waals surface area contributed by atoms with Crippen LogP contribution in [-0.4, -0.2) is 54.2 Å². The van der Waals surface area contributed by atoms with Gasteiger partial charge in [-0.25, -0.2) is 4.39 Å². The largest absolute Gasteiger partial charge is 0.505 e. The summed E-state index contributed by atoms with van der Waals surface area (Å²) in [6, 6.07) is 3.27. The second kappa shape index (κ2) is 5.33. The van der Waals surface area contributed by atoms with E-state index in [9.17, 15) is 19.1 Å². The number of phenols is 1. The standard InChI is InChI=1S/C14H15FN2O4/c15-11-3-8(1-2-12(11)18)14(20)17-4-9-6-21-7-10(5-17)16-13(9)19/h1-3,9-10,18H,4-7H2,(H,16,19)/t9-,10+/m1/s1. The molecule has 0 saturated carbocycles. The summed E-state index contributed by atoms with van der Waals surface area (Å²) in [5.41, 5.74) is 0.152. The zero-order chi connectivity index (χ0) is 15.0. The van der Waals surface area contributed by atoms with E-state index < -0.39 is 17.5 Å². The molecule has 2 heterocycles. The Labute approximate surface area is 120 Å². The van der Waals surface area contributed by atoms with Gasteiger partial charge in [0, 0.05) is 18.7 Å². The van der Waals surface area contributed by atoms with Crippen molar-refractivity contribution in [1.82, 2.24) is 10.2 Å². The molecule has 21 heavy (non-hydrogen) atoms. The molecule has 6 nitrogen and oxygen atoms in total. The van der Waals surface area contributed by atoms with E-state index in [-0.39, 0.29) is 36.6 Å². The van der Waals surface area contributed by atoms with Crippen molar-refractivity contribution < 1.29 is 23.8 Å². The van der Waals surface area contributed by atoms with E-state index in [0.29, 0.717) is 13.2 Å². The molecule has 0 aliphatic carbocycles. The van der Waals surface area contributed by atoms with Crippen molar-refractivity contribution in [2.75, 3.05) is 26.3 Å². The number of nitrogens with zero attached hydrogens (tertiary/aromatic N) is 1. The summed E-state index contributed by atoms with van der Waals surface area (Å²) >= 11 is 0. The number of carbonyl (C=O) groups excluding carboxylic acids is 2. The number of fused-ring (bicyclic) bond motifs is 3. The van der Waals surface area contributed by atoms with E-state index in [0.717, 1.165) is 12.1 Å². The summed E-state index contributed by atoms with van der Waals surface area (Å²) < 4.78 is 18.8. The quantitative estimate of drug-likeness (QED) is 0.771. The third kappa shape index (κ3) is 2.69. The average molecular weight is 294 g/mol. The topological polar surface area (TPSA) is 78.9 Å². The van der Waals surface area contributed by atoms with Crippen molar-refractivity contribution in [3.8, 4) is 5.75 Å². The fraction of sp³-hybridized carbons (Fsp3) is 0.429. The molecular formula is C14H15FN2O4. The van der Waals surface area contributed by atoms with E-state index in [4.69, 9.17) is 4.74 Å². The lowest BCUT2D eigenvalue weighted by atomic mass is 10.1. The molecule has 1 aromatic rings. The fourth-order valence-electron chi connectivity index (χ4n) is 2.62. The Morgan fingerprint density at radius 2 is 2.19 bits per heavy atom. The number of hydrogen-bond donors (Lipinski definition) is 2. The number of benzene rings is 1. The van der Waals surface area contributed by atoms with Crippen molar-refractivity contribution in [2.45, 2.75) is 6.04 Å². The maximum absolute atomic E-state index is 13.4. The molecule has 2 saturated heterocycles. The van der Waals surface area contributed by atoms with Gasteiger partial charge in [-0.15, -0.1) is 0 Å². The number of phenolic OH excluding ortho intramolecular Hbond substituents is 1. The van der Waals surface area contributed by atoms with Crippen molar-refractivity contribution in [1.29, 1.82) is 0 Å². The number of halogens is 1. The molecule has 3 rings (SSSR count). The van der Waals surface area contributed by atoms with Crippen LogP contribution in [0.1, 0.15) is 10.4 Å². The smallest absolute Gasteiger partial charge is 0.254 e. The molecule has 1 aromatic carbocycles. The fourth-order valence-corrected chi connectivity index (χ4v) is 2.62. The molecule has 2 aliphatic rings. The Morgan fingerprint density at radius 3 is 2.95 bits per heavy atom. The number of rotatable bonds is 1. The maximum Gasteiger partial charge on any atom is 0.254 e. The highest BCUT2D eigenvalue weighted by Crippen LogP contribution is 2.20. The van der Waals surface area contributed by atoms with Crippen LogP contribution in [0, 0.1) is 11.7 Å². The van der Waals surface area contributed by atoms with Gasteiger partial charge >= 0.3 is 0 Å². The van der Waals surface area contributed by atoms with Gasteiger partial charge in [-0.1, -0.05) is 0 Å². The van der Waals surface area contributed by atoms with Gasteiger partial charge in [0.15, 0.2) is 11.6 Å². The summed E-state index contributed by atoms with van der Waals surface area (Å²) in [6.07, 6.45) is 0. The minimum atomic E-state index is -0.839. The Balaban J connectivity index is 1.84. The zero-order valence-corrected chi connectivity index (χ0v) is 11.2. The normalized spacial score (nSPS) is 25.2. The van der Waals surface area contributed by atoms with Crippen LogP contribution in [0.15, 0.2) is 18.2 Å². The van der Waals surface area contributed by atoms with Crippen molar-refractivity contribution in [3.05, 3.63) is 29.6 Å². The molecule has 0 radical (unpaired) electrons. The summed E-state index contributed by atoms with van der Waals surface area (Å²) in [7, 11) is 0. The monoisotopic (exact) mass is 294 g/mol. The van der Waals surface area contributed by atoms with Crippen molar-refractivity contribution in [3.63, 3.8) is 0 Å². The molecule has 0 unspecified atom stereocenters. The lowest BCUT2D eigenvalue weighted by molar-refractivity contribution is -0.125. The van der Waals surface area contributed by atoms with E-state index in [1.54, 1.807) is 0 Å². The molecule has 2 N–H and O–H groups in total. The van der Waals surface area contributed by atoms with Crippen molar-refractivity contribution >= 4 is 11.8 Å². The molecule has 2 aliphatic heterocycles. The maximum atomic E-state index is 13.4. The van der Waals surface area contributed by atoms with Gasteiger partial charge in [-0.05, 0) is 18.2 Å². The van der Waals surface area contributed by atoms with E-state index >= 15 is 0 Å². The van der Waals surface area contributed by atoms with Crippen LogP contribution in [0.25, 0.3) is 0 Å². The molecule has 2 atom stereocenters. The second-order valence-corrected chi connectivity index (χ2v) is 5.32. The highest BCUT2D eigenvalue weighted by atomic mass is 19.1. The highest BCUT2D eigenvalue weighted by Gasteiger charge is 2.35. The lowest BCUT2D eigenvalue weighted by Crippen LogP contribution is -2.44. The Morgan fingerprint density at radius 1 is 1.38 bits per heavy atom. The first-order valence-corrected chi connectivity index (χ1v) is 6.70. The second-order valence-electron chi connectivity index (χ2n) is 5.32. The van der Waals surface area contributed by atoms with E-state index in [1.807, 2.05) is 0 Å². The summed E-state index contributed by atoms with van der Waals surface area (Å²) in [6.45, 7) is 1.19. The molecule has 0 aromatic heterocycles. The number of nitrogens with one attached hydrogen (secondary N) is 1. The molecule has 2 fully saturated rings. The van der Waals surface area contributed by atoms with Gasteiger partial charge in [-0.2, -0.15) is 0 Å². The van der Waals surface area contributed by atoms with Crippen molar-refractivity contribution in [2.24, 2.45) is 5.92 Å². The Kier molecular flexibility index (Phi) is 3.50. The van der Waals surface area contributed by atoms with Crippen LogP contribution >= 0.6 is 0 Å². The first-order valence-electron chi connectivity index (χ1n) is 6.70. The summed E-state index contributed by atoms with van der Waals surface area (Å²) in [5.74, 6) is -2.23. The third-order valence-electron chi connectivity index (χ3n) is 3.72. The third-order valence-corrected chi connectivity index (χ3v) is 3.72. The molecule has 2 bridgehead atoms. The highest BCUT2D eigenvalue weighted by molar-refractivity contribution is 5.95. The summed E-state index contributed by atoms with van der Waals surface area (Å²) in [5, 5.41) is 12.0. The molecule has 0 spiro atoms. The first-order chi connectivity index (χ1) is 10.0. The molecular weight excluding hydrogens is 279 g/mol. The average Bonchev–Trinajstić information content (AvgIpc) is 2.69. The predicted molar refractivity (Wildman–Crippen MR) is 70.2 cm³/mol. The first kappa shape index (κ1) is 13.8. The SMILES string of the molecule is O=C1N[C@@H]2COC[C@H]1CN(C(=O)c1ccc(O)c(F)c1)C2. The van der Waals surface area contributed by atoms with E-state index in [2.05, 4.69) is 5.32 Å². The van der Waals surface area contributed by atoms with Gasteiger partial charge in [0.2, 0.25) is 5.91 Å². The number of carbonyl (C=O) groups is 2. The van der Waals surface area contributed by atoms with Gasteiger partial charge in [0.1, 0.15) is 0 Å². The van der Waals surface area contributed by atoms with Gasteiger partial charge in [0.05, 0.1) is 25.2 Å². The van der Waals surface area contributed by atoms with Gasteiger partial charge in [0.25, 0.3) is 5.91 Å². The molecule has 7 heteroatoms. The Bertz CT molecular complexity index is 592. The Hall–Kier alpha value is -2.15. The summed E-state index contributed by atoms with van der Waals surface area (Å²) in [4.78, 5) is 25.9. The minimum Gasteiger partial charge on any atom is -0.505 e. The van der Waals surface area contributed by atoms with Crippen LogP contribution in [0.2, 0.25) is 0 Å². The van der Waals surface area contributed by atoms with E-state index in [1.165, 1.54) is 11.0 Å². The van der Waals surface area contributed by atoms with Crippen LogP contribution in [0.4, 0.5) is 4.39 Å². The molecule has 112 valence electrons. The predicted octanol–water partition coefficient (Wildman–Crippen LogP) is 0.118. The minimum absolute atomic E-state index is 0.121. The van der Waals surface area contributed by atoms with Crippen LogP contribution in [-0.2, 0) is 9.53 Å².